The Morgan fingerprint density at radius 2 is 1.70 bits per heavy atom. The van der Waals surface area contributed by atoms with Crippen molar-refractivity contribution < 1.29 is 26.3 Å². The minimum absolute atomic E-state index is 0.125. The molecule has 0 spiro atoms. The molecule has 0 radical (unpaired) electrons. The lowest BCUT2D eigenvalue weighted by Crippen LogP contribution is -2.24. The number of hydrogen-bond acceptors (Lipinski definition) is 6. The fourth-order valence-electron chi connectivity index (χ4n) is 5.45. The van der Waals surface area contributed by atoms with Gasteiger partial charge in [-0.05, 0) is 67.4 Å². The Labute approximate surface area is 242 Å². The molecule has 0 amide bonds. The molecule has 6 rings (SSSR count). The zero-order valence-electron chi connectivity index (χ0n) is 22.7. The van der Waals surface area contributed by atoms with Crippen LogP contribution in [-0.4, -0.2) is 31.9 Å². The van der Waals surface area contributed by atoms with E-state index < -0.39 is 23.6 Å². The number of hydrogen-bond donors (Lipinski definition) is 1. The van der Waals surface area contributed by atoms with E-state index in [0.717, 1.165) is 31.2 Å². The van der Waals surface area contributed by atoms with E-state index >= 15 is 0 Å². The Morgan fingerprint density at radius 1 is 0.884 bits per heavy atom. The van der Waals surface area contributed by atoms with Gasteiger partial charge in [0.2, 0.25) is 0 Å². The number of aryl methyl sites for hydroxylation is 1. The van der Waals surface area contributed by atoms with Crippen LogP contribution in [-0.2, 0) is 25.3 Å². The highest BCUT2D eigenvalue weighted by atomic mass is 19.4. The second-order valence-corrected chi connectivity index (χ2v) is 10.3. The fraction of sp³-hybridized carbons (Fsp3) is 0.226. The molecule has 1 aliphatic rings. The summed E-state index contributed by atoms with van der Waals surface area (Å²) in [5.74, 6) is 0.668. The molecule has 43 heavy (non-hydrogen) atoms. The van der Waals surface area contributed by atoms with Crippen molar-refractivity contribution in [2.75, 3.05) is 12.4 Å². The Bertz CT molecular complexity index is 1790. The largest absolute Gasteiger partial charge is 0.433 e. The van der Waals surface area contributed by atoms with Crippen LogP contribution in [0.15, 0.2) is 79.1 Å². The summed E-state index contributed by atoms with van der Waals surface area (Å²) in [4.78, 5) is 19.0. The predicted octanol–water partition coefficient (Wildman–Crippen LogP) is 7.99. The third-order valence-corrected chi connectivity index (χ3v) is 7.47. The summed E-state index contributed by atoms with van der Waals surface area (Å²) >= 11 is 0. The molecule has 3 heterocycles. The molecular weight excluding hydrogens is 570 g/mol. The van der Waals surface area contributed by atoms with E-state index in [9.17, 15) is 26.3 Å². The van der Waals surface area contributed by atoms with Gasteiger partial charge < -0.3 is 5.32 Å². The van der Waals surface area contributed by atoms with E-state index in [1.807, 2.05) is 19.2 Å². The van der Waals surface area contributed by atoms with Crippen LogP contribution in [0.4, 0.5) is 37.8 Å². The maximum absolute atomic E-state index is 13.8. The summed E-state index contributed by atoms with van der Waals surface area (Å²) in [6.07, 6.45) is -5.01. The van der Waals surface area contributed by atoms with Crippen molar-refractivity contribution in [1.82, 2.24) is 24.8 Å². The number of nitrogens with zero attached hydrogens (tertiary/aromatic N) is 5. The number of fused-ring (bicyclic) bond motifs is 2. The normalized spacial score (nSPS) is 15.2. The lowest BCUT2D eigenvalue weighted by molar-refractivity contribution is -0.141. The maximum atomic E-state index is 13.8. The quantitative estimate of drug-likeness (QED) is 0.201. The average Bonchev–Trinajstić information content (AvgIpc) is 3.41. The molecule has 220 valence electrons. The molecule has 0 saturated carbocycles. The summed E-state index contributed by atoms with van der Waals surface area (Å²) in [7, 11) is 1.95. The Kier molecular flexibility index (Phi) is 7.25. The molecule has 2 aromatic carbocycles. The predicted molar refractivity (Wildman–Crippen MR) is 149 cm³/mol. The number of rotatable bonds is 6. The van der Waals surface area contributed by atoms with Crippen molar-refractivity contribution in [3.63, 3.8) is 0 Å². The molecule has 1 N–H and O–H groups in total. The average molecular weight is 595 g/mol. The first kappa shape index (κ1) is 28.5. The van der Waals surface area contributed by atoms with Crippen LogP contribution in [0.25, 0.3) is 22.2 Å². The Morgan fingerprint density at radius 3 is 2.44 bits per heavy atom. The topological polar surface area (TPSA) is 66.8 Å². The van der Waals surface area contributed by atoms with Crippen LogP contribution in [0.1, 0.15) is 40.7 Å². The molecule has 0 fully saturated rings. The van der Waals surface area contributed by atoms with Crippen LogP contribution in [0.3, 0.4) is 0 Å². The smallest absolute Gasteiger partial charge is 0.338 e. The monoisotopic (exact) mass is 594 g/mol. The van der Waals surface area contributed by atoms with Gasteiger partial charge in [-0.15, -0.1) is 0 Å². The second-order valence-electron chi connectivity index (χ2n) is 10.3. The van der Waals surface area contributed by atoms with Crippen LogP contribution < -0.4 is 5.32 Å². The summed E-state index contributed by atoms with van der Waals surface area (Å²) < 4.78 is 80.4. The van der Waals surface area contributed by atoms with E-state index in [-0.39, 0.29) is 28.8 Å². The van der Waals surface area contributed by atoms with Gasteiger partial charge in [0.15, 0.2) is 0 Å². The lowest BCUT2D eigenvalue weighted by atomic mass is 10.0. The number of benzene rings is 2. The standard InChI is InChI=1S/C31H24F6N6/c1-43(25-12-9-18-5-2-3-6-21(18)25)17-27-41-24-15-19(28-23(30(32,33)34)7-4-14-38-28)8-11-22(24)29(42-27)40-20-10-13-26(39-16-20)31(35,36)37/h2-8,10-11,13-16,25H,9,12,17H2,1H3,(H,40,41,42). The molecule has 1 aliphatic carbocycles. The lowest BCUT2D eigenvalue weighted by Gasteiger charge is -2.25. The van der Waals surface area contributed by atoms with Gasteiger partial charge in [0.25, 0.3) is 0 Å². The molecule has 3 aromatic heterocycles. The third-order valence-electron chi connectivity index (χ3n) is 7.47. The third kappa shape index (κ3) is 5.87. The van der Waals surface area contributed by atoms with Crippen LogP contribution in [0.2, 0.25) is 0 Å². The van der Waals surface area contributed by atoms with E-state index in [4.69, 9.17) is 4.98 Å². The van der Waals surface area contributed by atoms with E-state index in [1.165, 1.54) is 41.6 Å². The molecule has 1 unspecified atom stereocenters. The van der Waals surface area contributed by atoms with Gasteiger partial charge in [0, 0.05) is 23.2 Å². The van der Waals surface area contributed by atoms with Gasteiger partial charge in [-0.3, -0.25) is 9.88 Å². The Hall–Kier alpha value is -4.58. The van der Waals surface area contributed by atoms with Crippen molar-refractivity contribution >= 4 is 22.4 Å². The van der Waals surface area contributed by atoms with E-state index in [1.54, 1.807) is 6.07 Å². The van der Waals surface area contributed by atoms with E-state index in [0.29, 0.717) is 23.3 Å². The minimum Gasteiger partial charge on any atom is -0.338 e. The summed E-state index contributed by atoms with van der Waals surface area (Å²) in [5, 5.41) is 3.49. The van der Waals surface area contributed by atoms with Crippen molar-refractivity contribution in [3.8, 4) is 11.3 Å². The van der Waals surface area contributed by atoms with Gasteiger partial charge >= 0.3 is 12.4 Å². The highest BCUT2D eigenvalue weighted by molar-refractivity contribution is 5.93. The van der Waals surface area contributed by atoms with Crippen molar-refractivity contribution in [2.45, 2.75) is 37.8 Å². The van der Waals surface area contributed by atoms with Crippen LogP contribution >= 0.6 is 0 Å². The molecular formula is C31H24F6N6. The van der Waals surface area contributed by atoms with Gasteiger partial charge in [0.05, 0.1) is 35.2 Å². The van der Waals surface area contributed by atoms with E-state index in [2.05, 4.69) is 37.3 Å². The zero-order chi connectivity index (χ0) is 30.4. The highest BCUT2D eigenvalue weighted by Gasteiger charge is 2.35. The number of alkyl halides is 6. The van der Waals surface area contributed by atoms with Gasteiger partial charge in [0.1, 0.15) is 17.3 Å². The number of nitrogens with one attached hydrogen (secondary N) is 1. The summed E-state index contributed by atoms with van der Waals surface area (Å²) in [5.41, 5.74) is 1.16. The van der Waals surface area contributed by atoms with Crippen LogP contribution in [0, 0.1) is 0 Å². The fourth-order valence-corrected chi connectivity index (χ4v) is 5.45. The zero-order valence-corrected chi connectivity index (χ0v) is 22.7. The molecule has 0 bridgehead atoms. The number of halogens is 6. The molecule has 0 aliphatic heterocycles. The number of anilines is 2. The number of aromatic nitrogens is 4. The first-order valence-corrected chi connectivity index (χ1v) is 13.4. The minimum atomic E-state index is -4.61. The molecule has 5 aromatic rings. The first-order valence-electron chi connectivity index (χ1n) is 13.4. The summed E-state index contributed by atoms with van der Waals surface area (Å²) in [6.45, 7) is 0.316. The molecule has 12 heteroatoms. The van der Waals surface area contributed by atoms with Crippen molar-refractivity contribution in [3.05, 3.63) is 107 Å². The van der Waals surface area contributed by atoms with Gasteiger partial charge in [-0.25, -0.2) is 15.0 Å². The molecule has 0 saturated heterocycles. The maximum Gasteiger partial charge on any atom is 0.433 e. The van der Waals surface area contributed by atoms with Gasteiger partial charge in [-0.1, -0.05) is 30.3 Å². The van der Waals surface area contributed by atoms with Crippen molar-refractivity contribution in [1.29, 1.82) is 0 Å². The second kappa shape index (κ2) is 10.9. The Balaban J connectivity index is 1.41. The number of pyridine rings is 2. The molecule has 6 nitrogen and oxygen atoms in total. The SMILES string of the molecule is CN(Cc1nc(Nc2ccc(C(F)(F)F)nc2)c2ccc(-c3ncccc3C(F)(F)F)cc2n1)C1CCc2ccccc21. The van der Waals surface area contributed by atoms with Crippen molar-refractivity contribution in [2.24, 2.45) is 0 Å². The highest BCUT2D eigenvalue weighted by Crippen LogP contribution is 2.38. The molecule has 1 atom stereocenters. The van der Waals surface area contributed by atoms with Gasteiger partial charge in [-0.2, -0.15) is 26.3 Å². The summed E-state index contributed by atoms with van der Waals surface area (Å²) in [6, 6.07) is 17.2. The first-order chi connectivity index (χ1) is 20.5. The van der Waals surface area contributed by atoms with Crippen LogP contribution in [0.5, 0.6) is 0 Å².